The Hall–Kier alpha value is -2.96. The summed E-state index contributed by atoms with van der Waals surface area (Å²) in [5.41, 5.74) is 0.600. The van der Waals surface area contributed by atoms with E-state index < -0.39 is 11.7 Å². The smallest absolute Gasteiger partial charge is 0.416 e. The lowest BCUT2D eigenvalue weighted by Gasteiger charge is -2.16. The first-order chi connectivity index (χ1) is 12.3. The van der Waals surface area contributed by atoms with Crippen molar-refractivity contribution >= 4 is 10.9 Å². The van der Waals surface area contributed by atoms with Crippen molar-refractivity contribution < 1.29 is 27.4 Å². The van der Waals surface area contributed by atoms with Crippen molar-refractivity contribution in [1.29, 1.82) is 0 Å². The second-order valence-electron chi connectivity index (χ2n) is 5.60. The molecule has 0 amide bonds. The Morgan fingerprint density at radius 2 is 1.73 bits per heavy atom. The second kappa shape index (κ2) is 6.74. The molecule has 1 aromatic heterocycles. The lowest BCUT2D eigenvalue weighted by Crippen LogP contribution is -2.04. The number of hydrogen-bond donors (Lipinski definition) is 0. The minimum atomic E-state index is -4.45. The maximum Gasteiger partial charge on any atom is 0.416 e. The normalized spacial score (nSPS) is 11.5. The summed E-state index contributed by atoms with van der Waals surface area (Å²) in [6.07, 6.45) is -4.45. The van der Waals surface area contributed by atoms with Crippen LogP contribution < -0.4 is 14.2 Å². The fourth-order valence-corrected chi connectivity index (χ4v) is 2.66. The van der Waals surface area contributed by atoms with Crippen LogP contribution in [-0.2, 0) is 6.18 Å². The van der Waals surface area contributed by atoms with E-state index in [4.69, 9.17) is 14.2 Å². The van der Waals surface area contributed by atoms with Crippen LogP contribution >= 0.6 is 0 Å². The number of pyridine rings is 1. The monoisotopic (exact) mass is 363 g/mol. The van der Waals surface area contributed by atoms with E-state index in [0.717, 1.165) is 17.7 Å². The van der Waals surface area contributed by atoms with E-state index >= 15 is 0 Å². The molecule has 0 aliphatic heterocycles. The van der Waals surface area contributed by atoms with Crippen LogP contribution in [0.25, 0.3) is 10.9 Å². The summed E-state index contributed by atoms with van der Waals surface area (Å²) in [5.74, 6) is 1.19. The van der Waals surface area contributed by atoms with Gasteiger partial charge in [-0.25, -0.2) is 4.98 Å². The average molecular weight is 363 g/mol. The second-order valence-corrected chi connectivity index (χ2v) is 5.60. The first-order valence-electron chi connectivity index (χ1n) is 7.71. The van der Waals surface area contributed by atoms with Crippen molar-refractivity contribution in [1.82, 2.24) is 4.98 Å². The Morgan fingerprint density at radius 3 is 2.38 bits per heavy atom. The molecule has 0 bridgehead atoms. The van der Waals surface area contributed by atoms with Crippen molar-refractivity contribution in [2.45, 2.75) is 13.1 Å². The fourth-order valence-electron chi connectivity index (χ4n) is 2.66. The molecule has 0 unspecified atom stereocenters. The molecule has 4 nitrogen and oxygen atoms in total. The summed E-state index contributed by atoms with van der Waals surface area (Å²) in [6, 6.07) is 9.81. The van der Waals surface area contributed by atoms with Gasteiger partial charge in [-0.1, -0.05) is 6.07 Å². The molecule has 7 heteroatoms. The number of benzene rings is 2. The predicted octanol–water partition coefficient (Wildman–Crippen LogP) is 5.37. The molecule has 0 saturated carbocycles. The zero-order chi connectivity index (χ0) is 18.9. The predicted molar refractivity (Wildman–Crippen MR) is 91.1 cm³/mol. The zero-order valence-corrected chi connectivity index (χ0v) is 14.3. The van der Waals surface area contributed by atoms with Gasteiger partial charge in [0.15, 0.2) is 11.5 Å². The molecule has 0 radical (unpaired) electrons. The number of rotatable bonds is 4. The summed E-state index contributed by atoms with van der Waals surface area (Å²) in [5, 5.41) is 0.641. The molecule has 26 heavy (non-hydrogen) atoms. The SMILES string of the molecule is COc1cc(C)c2c(Oc3cccc(C(F)(F)F)c3)c(OC)ccc2n1. The average Bonchev–Trinajstić information content (AvgIpc) is 2.61. The molecule has 0 fully saturated rings. The van der Waals surface area contributed by atoms with Crippen LogP contribution in [0.5, 0.6) is 23.1 Å². The van der Waals surface area contributed by atoms with Gasteiger partial charge in [0.05, 0.1) is 30.7 Å². The van der Waals surface area contributed by atoms with Crippen molar-refractivity contribution in [3.63, 3.8) is 0 Å². The first kappa shape index (κ1) is 17.8. The number of methoxy groups -OCH3 is 2. The molecule has 0 atom stereocenters. The molecular formula is C19H16F3NO3. The highest BCUT2D eigenvalue weighted by Gasteiger charge is 2.30. The van der Waals surface area contributed by atoms with Gasteiger partial charge >= 0.3 is 6.18 Å². The Morgan fingerprint density at radius 1 is 0.962 bits per heavy atom. The van der Waals surface area contributed by atoms with Crippen LogP contribution in [0.1, 0.15) is 11.1 Å². The number of ether oxygens (including phenoxy) is 3. The zero-order valence-electron chi connectivity index (χ0n) is 14.3. The minimum absolute atomic E-state index is 0.0563. The van der Waals surface area contributed by atoms with Crippen LogP contribution in [0, 0.1) is 6.92 Å². The van der Waals surface area contributed by atoms with Crippen molar-refractivity contribution in [3.05, 3.63) is 53.6 Å². The molecule has 0 saturated heterocycles. The fraction of sp³-hybridized carbons (Fsp3) is 0.211. The quantitative estimate of drug-likeness (QED) is 0.625. The van der Waals surface area contributed by atoms with E-state index in [2.05, 4.69) is 4.98 Å². The summed E-state index contributed by atoms with van der Waals surface area (Å²) >= 11 is 0. The Balaban J connectivity index is 2.15. The Labute approximate surface area is 148 Å². The maximum absolute atomic E-state index is 12.9. The van der Waals surface area contributed by atoms with E-state index in [1.807, 2.05) is 6.92 Å². The number of nitrogens with zero attached hydrogens (tertiary/aromatic N) is 1. The van der Waals surface area contributed by atoms with Gasteiger partial charge in [0.25, 0.3) is 0 Å². The molecule has 0 aliphatic carbocycles. The molecule has 0 N–H and O–H groups in total. The molecule has 3 aromatic rings. The van der Waals surface area contributed by atoms with Gasteiger partial charge in [-0.3, -0.25) is 0 Å². The Bertz CT molecular complexity index is 955. The van der Waals surface area contributed by atoms with E-state index in [9.17, 15) is 13.2 Å². The van der Waals surface area contributed by atoms with Crippen LogP contribution in [0.4, 0.5) is 13.2 Å². The topological polar surface area (TPSA) is 40.6 Å². The standard InChI is InChI=1S/C19H16F3NO3/c1-11-9-16(25-3)23-14-7-8-15(24-2)18(17(11)14)26-13-6-4-5-12(10-13)19(20,21)22/h4-10H,1-3H3. The van der Waals surface area contributed by atoms with Crippen molar-refractivity contribution in [3.8, 4) is 23.1 Å². The summed E-state index contributed by atoms with van der Waals surface area (Å²) in [4.78, 5) is 4.35. The molecular weight excluding hydrogens is 347 g/mol. The third-order valence-electron chi connectivity index (χ3n) is 3.87. The highest BCUT2D eigenvalue weighted by Crippen LogP contribution is 2.41. The first-order valence-corrected chi connectivity index (χ1v) is 7.71. The molecule has 1 heterocycles. The van der Waals surface area contributed by atoms with E-state index in [0.29, 0.717) is 28.3 Å². The van der Waals surface area contributed by atoms with Gasteiger partial charge in [0.2, 0.25) is 5.88 Å². The summed E-state index contributed by atoms with van der Waals surface area (Å²) in [6.45, 7) is 1.84. The largest absolute Gasteiger partial charge is 0.493 e. The maximum atomic E-state index is 12.9. The van der Waals surface area contributed by atoms with Gasteiger partial charge in [-0.15, -0.1) is 0 Å². The molecule has 3 rings (SSSR count). The van der Waals surface area contributed by atoms with Crippen LogP contribution in [0.3, 0.4) is 0 Å². The van der Waals surface area contributed by atoms with Gasteiger partial charge in [-0.05, 0) is 42.8 Å². The van der Waals surface area contributed by atoms with Crippen LogP contribution in [0.15, 0.2) is 42.5 Å². The highest BCUT2D eigenvalue weighted by molar-refractivity contribution is 5.91. The minimum Gasteiger partial charge on any atom is -0.493 e. The third-order valence-corrected chi connectivity index (χ3v) is 3.87. The van der Waals surface area contributed by atoms with E-state index in [1.54, 1.807) is 18.2 Å². The van der Waals surface area contributed by atoms with E-state index in [1.165, 1.54) is 26.4 Å². The van der Waals surface area contributed by atoms with Crippen molar-refractivity contribution in [2.24, 2.45) is 0 Å². The number of halogens is 3. The number of fused-ring (bicyclic) bond motifs is 1. The molecule has 0 spiro atoms. The lowest BCUT2D eigenvalue weighted by molar-refractivity contribution is -0.137. The summed E-state index contributed by atoms with van der Waals surface area (Å²) in [7, 11) is 2.98. The molecule has 136 valence electrons. The molecule has 2 aromatic carbocycles. The summed E-state index contributed by atoms with van der Waals surface area (Å²) < 4.78 is 55.1. The number of hydrogen-bond acceptors (Lipinski definition) is 4. The number of alkyl halides is 3. The van der Waals surface area contributed by atoms with Crippen LogP contribution in [-0.4, -0.2) is 19.2 Å². The highest BCUT2D eigenvalue weighted by atomic mass is 19.4. The molecule has 0 aliphatic rings. The van der Waals surface area contributed by atoms with Gasteiger partial charge in [-0.2, -0.15) is 13.2 Å². The van der Waals surface area contributed by atoms with Gasteiger partial charge in [0.1, 0.15) is 5.75 Å². The van der Waals surface area contributed by atoms with E-state index in [-0.39, 0.29) is 5.75 Å². The Kier molecular flexibility index (Phi) is 4.63. The van der Waals surface area contributed by atoms with Gasteiger partial charge < -0.3 is 14.2 Å². The number of aryl methyl sites for hydroxylation is 1. The third kappa shape index (κ3) is 3.37. The van der Waals surface area contributed by atoms with Crippen LogP contribution in [0.2, 0.25) is 0 Å². The lowest BCUT2D eigenvalue weighted by atomic mass is 10.1. The van der Waals surface area contributed by atoms with Gasteiger partial charge in [0, 0.05) is 6.07 Å². The number of aromatic nitrogens is 1. The van der Waals surface area contributed by atoms with Crippen molar-refractivity contribution in [2.75, 3.05) is 14.2 Å².